The van der Waals surface area contributed by atoms with Crippen LogP contribution in [0.3, 0.4) is 0 Å². The summed E-state index contributed by atoms with van der Waals surface area (Å²) in [5.74, 6) is 4.84. The Labute approximate surface area is 126 Å². The monoisotopic (exact) mass is 298 g/mol. The first kappa shape index (κ1) is 13.5. The highest BCUT2D eigenvalue weighted by Crippen LogP contribution is 2.25. The molecule has 0 atom stereocenters. The summed E-state index contributed by atoms with van der Waals surface area (Å²) in [6, 6.07) is 12.1. The number of nitrogens with two attached hydrogens (primary N) is 1. The second-order valence-corrected chi connectivity index (χ2v) is 5.39. The van der Waals surface area contributed by atoms with Crippen molar-refractivity contribution < 1.29 is 4.79 Å². The number of carbonyl (C=O) groups excluding carboxylic acids is 1. The Morgan fingerprint density at radius 1 is 1.29 bits per heavy atom. The summed E-state index contributed by atoms with van der Waals surface area (Å²) < 4.78 is 2.04. The van der Waals surface area contributed by atoms with Gasteiger partial charge in [0.1, 0.15) is 5.01 Å². The van der Waals surface area contributed by atoms with Crippen molar-refractivity contribution >= 4 is 17.2 Å². The zero-order valence-corrected chi connectivity index (χ0v) is 12.0. The number of carbonyl (C=O) groups is 1. The van der Waals surface area contributed by atoms with E-state index in [1.165, 1.54) is 11.3 Å². The van der Waals surface area contributed by atoms with E-state index in [1.54, 1.807) is 0 Å². The molecule has 3 N–H and O–H groups in total. The van der Waals surface area contributed by atoms with Gasteiger partial charge < -0.3 is 4.57 Å². The van der Waals surface area contributed by atoms with Crippen LogP contribution in [0.4, 0.5) is 0 Å². The largest absolute Gasteiger partial charge is 0.324 e. The van der Waals surface area contributed by atoms with Crippen molar-refractivity contribution in [1.82, 2.24) is 15.0 Å². The van der Waals surface area contributed by atoms with E-state index in [0.29, 0.717) is 0 Å². The van der Waals surface area contributed by atoms with Gasteiger partial charge in [-0.1, -0.05) is 12.1 Å². The molecular formula is C15H14N4OS. The molecular weight excluding hydrogens is 284 g/mol. The fourth-order valence-electron chi connectivity index (χ4n) is 2.04. The number of hydrogen-bond donors (Lipinski definition) is 2. The summed E-state index contributed by atoms with van der Waals surface area (Å²) in [5.41, 5.74) is 4.95. The molecule has 1 aromatic carbocycles. The number of aromatic nitrogens is 2. The van der Waals surface area contributed by atoms with Crippen molar-refractivity contribution in [2.24, 2.45) is 5.84 Å². The van der Waals surface area contributed by atoms with E-state index in [1.807, 2.05) is 52.7 Å². The SMILES string of the molecule is NNC(=O)Cc1csc(-c2cccc(-n3cccc3)c2)n1. The van der Waals surface area contributed by atoms with Crippen LogP contribution in [0.25, 0.3) is 16.3 Å². The Morgan fingerprint density at radius 3 is 2.86 bits per heavy atom. The van der Waals surface area contributed by atoms with Gasteiger partial charge in [-0.15, -0.1) is 11.3 Å². The molecule has 1 amide bonds. The molecule has 0 fully saturated rings. The van der Waals surface area contributed by atoms with E-state index in [-0.39, 0.29) is 12.3 Å². The van der Waals surface area contributed by atoms with Gasteiger partial charge in [0.05, 0.1) is 12.1 Å². The Balaban J connectivity index is 1.87. The minimum absolute atomic E-state index is 0.199. The molecule has 0 aliphatic carbocycles. The van der Waals surface area contributed by atoms with Gasteiger partial charge in [-0.2, -0.15) is 0 Å². The van der Waals surface area contributed by atoms with E-state index in [4.69, 9.17) is 5.84 Å². The molecule has 0 spiro atoms. The normalized spacial score (nSPS) is 10.5. The molecule has 0 aliphatic rings. The second kappa shape index (κ2) is 5.90. The minimum atomic E-state index is -0.243. The quantitative estimate of drug-likeness (QED) is 0.440. The second-order valence-electron chi connectivity index (χ2n) is 4.53. The van der Waals surface area contributed by atoms with E-state index >= 15 is 0 Å². The van der Waals surface area contributed by atoms with Crippen LogP contribution in [-0.2, 0) is 11.2 Å². The lowest BCUT2D eigenvalue weighted by Crippen LogP contribution is -2.31. The number of nitrogens with zero attached hydrogens (tertiary/aromatic N) is 2. The van der Waals surface area contributed by atoms with E-state index < -0.39 is 0 Å². The zero-order valence-electron chi connectivity index (χ0n) is 11.2. The van der Waals surface area contributed by atoms with Crippen molar-refractivity contribution in [3.63, 3.8) is 0 Å². The molecule has 0 unspecified atom stereocenters. The van der Waals surface area contributed by atoms with Crippen LogP contribution in [0, 0.1) is 0 Å². The van der Waals surface area contributed by atoms with Gasteiger partial charge in [0.2, 0.25) is 5.91 Å². The molecule has 2 aromatic heterocycles. The Kier molecular flexibility index (Phi) is 3.81. The number of rotatable bonds is 4. The maximum Gasteiger partial charge on any atom is 0.239 e. The summed E-state index contributed by atoms with van der Waals surface area (Å²) in [6.07, 6.45) is 4.19. The molecule has 2 heterocycles. The van der Waals surface area contributed by atoms with Gasteiger partial charge in [0.15, 0.2) is 0 Å². The highest BCUT2D eigenvalue weighted by Gasteiger charge is 2.08. The first-order valence-electron chi connectivity index (χ1n) is 6.44. The molecule has 6 heteroatoms. The number of nitrogens with one attached hydrogen (secondary N) is 1. The van der Waals surface area contributed by atoms with Crippen LogP contribution in [0.2, 0.25) is 0 Å². The fraction of sp³-hybridized carbons (Fsp3) is 0.0667. The van der Waals surface area contributed by atoms with Crippen LogP contribution in [0.1, 0.15) is 5.69 Å². The maximum atomic E-state index is 11.3. The number of amides is 1. The minimum Gasteiger partial charge on any atom is -0.324 e. The Bertz CT molecular complexity index is 749. The molecule has 0 saturated heterocycles. The van der Waals surface area contributed by atoms with Gasteiger partial charge in [-0.05, 0) is 24.3 Å². The molecule has 0 saturated carbocycles. The van der Waals surface area contributed by atoms with Gasteiger partial charge in [-0.3, -0.25) is 10.2 Å². The Hall–Kier alpha value is -2.44. The van der Waals surface area contributed by atoms with Crippen molar-refractivity contribution in [2.75, 3.05) is 0 Å². The van der Waals surface area contributed by atoms with Crippen LogP contribution < -0.4 is 11.3 Å². The van der Waals surface area contributed by atoms with Crippen LogP contribution in [0.5, 0.6) is 0 Å². The third-order valence-corrected chi connectivity index (χ3v) is 3.99. The average molecular weight is 298 g/mol. The first-order valence-corrected chi connectivity index (χ1v) is 7.32. The van der Waals surface area contributed by atoms with Crippen molar-refractivity contribution in [3.05, 3.63) is 59.9 Å². The topological polar surface area (TPSA) is 72.9 Å². The Morgan fingerprint density at radius 2 is 2.10 bits per heavy atom. The number of hydrazine groups is 1. The lowest BCUT2D eigenvalue weighted by Gasteiger charge is -2.04. The van der Waals surface area contributed by atoms with Crippen LogP contribution in [0.15, 0.2) is 54.2 Å². The van der Waals surface area contributed by atoms with Gasteiger partial charge in [-0.25, -0.2) is 10.8 Å². The van der Waals surface area contributed by atoms with E-state index in [0.717, 1.165) is 22.0 Å². The molecule has 3 aromatic rings. The lowest BCUT2D eigenvalue weighted by molar-refractivity contribution is -0.120. The summed E-state index contributed by atoms with van der Waals surface area (Å²) in [5, 5.41) is 2.77. The van der Waals surface area contributed by atoms with Gasteiger partial charge >= 0.3 is 0 Å². The third-order valence-electron chi connectivity index (χ3n) is 3.05. The molecule has 0 bridgehead atoms. The predicted octanol–water partition coefficient (Wildman–Crippen LogP) is 2.13. The van der Waals surface area contributed by atoms with Gasteiger partial charge in [0, 0.05) is 29.0 Å². The average Bonchev–Trinajstić information content (AvgIpc) is 3.19. The predicted molar refractivity (Wildman–Crippen MR) is 82.9 cm³/mol. The highest BCUT2D eigenvalue weighted by atomic mass is 32.1. The van der Waals surface area contributed by atoms with E-state index in [2.05, 4.69) is 16.5 Å². The summed E-state index contributed by atoms with van der Waals surface area (Å²) >= 11 is 1.52. The smallest absolute Gasteiger partial charge is 0.239 e. The van der Waals surface area contributed by atoms with Crippen LogP contribution in [-0.4, -0.2) is 15.5 Å². The summed E-state index contributed by atoms with van der Waals surface area (Å²) in [7, 11) is 0. The first-order chi connectivity index (χ1) is 10.3. The molecule has 3 rings (SSSR count). The summed E-state index contributed by atoms with van der Waals surface area (Å²) in [6.45, 7) is 0. The molecule has 0 radical (unpaired) electrons. The standard InChI is InChI=1S/C15H14N4OS/c16-18-14(20)9-12-10-21-15(17-12)11-4-3-5-13(8-11)19-6-1-2-7-19/h1-8,10H,9,16H2,(H,18,20). The van der Waals surface area contributed by atoms with Gasteiger partial charge in [0.25, 0.3) is 0 Å². The molecule has 21 heavy (non-hydrogen) atoms. The fourth-order valence-corrected chi connectivity index (χ4v) is 2.86. The molecule has 106 valence electrons. The van der Waals surface area contributed by atoms with E-state index in [9.17, 15) is 4.79 Å². The van der Waals surface area contributed by atoms with Crippen LogP contribution >= 0.6 is 11.3 Å². The molecule has 5 nitrogen and oxygen atoms in total. The van der Waals surface area contributed by atoms with Crippen molar-refractivity contribution in [1.29, 1.82) is 0 Å². The number of thiazole rings is 1. The highest BCUT2D eigenvalue weighted by molar-refractivity contribution is 7.13. The zero-order chi connectivity index (χ0) is 14.7. The summed E-state index contributed by atoms with van der Waals surface area (Å²) in [4.78, 5) is 15.7. The van der Waals surface area contributed by atoms with Crippen molar-refractivity contribution in [2.45, 2.75) is 6.42 Å². The number of hydrogen-bond acceptors (Lipinski definition) is 4. The number of benzene rings is 1. The lowest BCUT2D eigenvalue weighted by atomic mass is 10.2. The maximum absolute atomic E-state index is 11.3. The molecule has 0 aliphatic heterocycles. The third kappa shape index (κ3) is 3.01. The van der Waals surface area contributed by atoms with Crippen molar-refractivity contribution in [3.8, 4) is 16.3 Å².